The predicted molar refractivity (Wildman–Crippen MR) is 121 cm³/mol. The van der Waals surface area contributed by atoms with E-state index in [9.17, 15) is 4.79 Å². The SMILES string of the molecule is C[C@@]12CCC[C@@H](O1)n1c3ccccc3c3c4c(c5c6ccccc6n2c5c31)C(=O)NC4. The molecule has 5 heterocycles. The number of hydrogen-bond donors (Lipinski definition) is 1. The maximum absolute atomic E-state index is 13.2. The number of ether oxygens (including phenoxy) is 1. The summed E-state index contributed by atoms with van der Waals surface area (Å²) >= 11 is 0. The zero-order chi connectivity index (χ0) is 20.5. The number of carbonyl (C=O) groups excluding carboxylic acids is 1. The third kappa shape index (κ3) is 1.70. The Morgan fingerprint density at radius 2 is 1.74 bits per heavy atom. The summed E-state index contributed by atoms with van der Waals surface area (Å²) in [6.45, 7) is 2.80. The van der Waals surface area contributed by atoms with Crippen molar-refractivity contribution < 1.29 is 9.53 Å². The van der Waals surface area contributed by atoms with E-state index in [1.807, 2.05) is 0 Å². The molecule has 0 aliphatic carbocycles. The van der Waals surface area contributed by atoms with Crippen molar-refractivity contribution in [3.8, 4) is 0 Å². The lowest BCUT2D eigenvalue weighted by atomic mass is 9.97. The Balaban J connectivity index is 1.80. The molecule has 8 rings (SSSR count). The van der Waals surface area contributed by atoms with E-state index < -0.39 is 5.72 Å². The van der Waals surface area contributed by atoms with Crippen molar-refractivity contribution in [3.05, 3.63) is 59.7 Å². The fourth-order valence-electron chi connectivity index (χ4n) is 6.63. The van der Waals surface area contributed by atoms with Crippen LogP contribution in [0.25, 0.3) is 43.6 Å². The van der Waals surface area contributed by atoms with Gasteiger partial charge in [0.25, 0.3) is 5.91 Å². The van der Waals surface area contributed by atoms with Gasteiger partial charge in [-0.1, -0.05) is 36.4 Å². The molecule has 1 fully saturated rings. The van der Waals surface area contributed by atoms with Crippen molar-refractivity contribution in [1.29, 1.82) is 0 Å². The van der Waals surface area contributed by atoms with Crippen LogP contribution in [0.3, 0.4) is 0 Å². The molecule has 5 aromatic rings. The smallest absolute Gasteiger partial charge is 0.252 e. The Kier molecular flexibility index (Phi) is 2.70. The first-order valence-electron chi connectivity index (χ1n) is 11.1. The lowest BCUT2D eigenvalue weighted by Crippen LogP contribution is -2.37. The molecule has 2 atom stereocenters. The van der Waals surface area contributed by atoms with Gasteiger partial charge in [-0.25, -0.2) is 0 Å². The molecule has 1 amide bonds. The van der Waals surface area contributed by atoms with E-state index in [4.69, 9.17) is 4.74 Å². The van der Waals surface area contributed by atoms with Crippen LogP contribution in [0, 0.1) is 0 Å². The largest absolute Gasteiger partial charge is 0.348 e. The van der Waals surface area contributed by atoms with Crippen LogP contribution in [0.5, 0.6) is 0 Å². The van der Waals surface area contributed by atoms with E-state index in [-0.39, 0.29) is 12.1 Å². The molecule has 2 aromatic heterocycles. The molecule has 5 nitrogen and oxygen atoms in total. The van der Waals surface area contributed by atoms with E-state index in [0.29, 0.717) is 6.54 Å². The van der Waals surface area contributed by atoms with Gasteiger partial charge in [0.1, 0.15) is 12.0 Å². The summed E-state index contributed by atoms with van der Waals surface area (Å²) in [5, 5.41) is 7.76. The number of nitrogens with one attached hydrogen (secondary N) is 1. The molecule has 5 heteroatoms. The predicted octanol–water partition coefficient (Wildman–Crippen LogP) is 5.53. The van der Waals surface area contributed by atoms with Crippen molar-refractivity contribution in [3.63, 3.8) is 0 Å². The van der Waals surface area contributed by atoms with Crippen LogP contribution in [0.2, 0.25) is 0 Å². The quantitative estimate of drug-likeness (QED) is 0.367. The topological polar surface area (TPSA) is 48.2 Å². The Labute approximate surface area is 178 Å². The molecule has 3 aromatic carbocycles. The van der Waals surface area contributed by atoms with Crippen molar-refractivity contribution in [2.45, 2.75) is 44.7 Å². The van der Waals surface area contributed by atoms with Crippen molar-refractivity contribution >= 4 is 49.5 Å². The first kappa shape index (κ1) is 16.4. The van der Waals surface area contributed by atoms with E-state index in [1.54, 1.807) is 0 Å². The van der Waals surface area contributed by atoms with Crippen LogP contribution in [0.15, 0.2) is 48.5 Å². The second-order valence-corrected chi connectivity index (χ2v) is 9.36. The number of fused-ring (bicyclic) bond motifs is 13. The molecule has 2 bridgehead atoms. The monoisotopic (exact) mass is 407 g/mol. The molecule has 152 valence electrons. The van der Waals surface area contributed by atoms with Gasteiger partial charge in [0.2, 0.25) is 0 Å². The maximum atomic E-state index is 13.2. The van der Waals surface area contributed by atoms with Gasteiger partial charge in [-0.05, 0) is 43.9 Å². The van der Waals surface area contributed by atoms with Crippen LogP contribution in [-0.2, 0) is 17.0 Å². The Morgan fingerprint density at radius 3 is 2.58 bits per heavy atom. The van der Waals surface area contributed by atoms with Crippen LogP contribution in [-0.4, -0.2) is 15.0 Å². The second-order valence-electron chi connectivity index (χ2n) is 9.36. The summed E-state index contributed by atoms with van der Waals surface area (Å²) < 4.78 is 11.7. The Morgan fingerprint density at radius 1 is 1.00 bits per heavy atom. The average molecular weight is 407 g/mol. The molecule has 0 radical (unpaired) electrons. The number of amides is 1. The molecule has 0 saturated carbocycles. The second kappa shape index (κ2) is 5.11. The number of carbonyl (C=O) groups is 1. The molecule has 3 aliphatic rings. The van der Waals surface area contributed by atoms with Gasteiger partial charge < -0.3 is 19.2 Å². The molecule has 0 spiro atoms. The minimum Gasteiger partial charge on any atom is -0.348 e. The van der Waals surface area contributed by atoms with Crippen LogP contribution in [0.4, 0.5) is 0 Å². The van der Waals surface area contributed by atoms with E-state index in [1.165, 1.54) is 21.8 Å². The van der Waals surface area contributed by atoms with Crippen LogP contribution in [0.1, 0.15) is 48.3 Å². The molecule has 3 aliphatic heterocycles. The van der Waals surface area contributed by atoms with Crippen molar-refractivity contribution in [2.75, 3.05) is 0 Å². The normalized spacial score (nSPS) is 24.4. The highest BCUT2D eigenvalue weighted by Crippen LogP contribution is 2.52. The lowest BCUT2D eigenvalue weighted by molar-refractivity contribution is -0.186. The van der Waals surface area contributed by atoms with Crippen molar-refractivity contribution in [1.82, 2.24) is 14.5 Å². The van der Waals surface area contributed by atoms with Gasteiger partial charge in [-0.2, -0.15) is 0 Å². The Bertz CT molecular complexity index is 1640. The van der Waals surface area contributed by atoms with Gasteiger partial charge in [0, 0.05) is 28.1 Å². The number of hydrogen-bond acceptors (Lipinski definition) is 2. The molecule has 31 heavy (non-hydrogen) atoms. The molecular formula is C26H21N3O2. The zero-order valence-corrected chi connectivity index (χ0v) is 17.2. The minimum atomic E-state index is -0.444. The minimum absolute atomic E-state index is 0.00822. The highest BCUT2D eigenvalue weighted by atomic mass is 16.5. The highest BCUT2D eigenvalue weighted by Gasteiger charge is 2.43. The third-order valence-electron chi connectivity index (χ3n) is 7.76. The molecule has 1 N–H and O–H groups in total. The number of benzene rings is 3. The van der Waals surface area contributed by atoms with Gasteiger partial charge in [-0.3, -0.25) is 4.79 Å². The summed E-state index contributed by atoms with van der Waals surface area (Å²) in [6, 6.07) is 17.1. The van der Waals surface area contributed by atoms with Gasteiger partial charge in [0.15, 0.2) is 0 Å². The molecule has 1 saturated heterocycles. The summed E-state index contributed by atoms with van der Waals surface area (Å²) in [7, 11) is 0. The molecule has 0 unspecified atom stereocenters. The lowest BCUT2D eigenvalue weighted by Gasteiger charge is -2.39. The fraction of sp³-hybridized carbons (Fsp3) is 0.269. The van der Waals surface area contributed by atoms with Gasteiger partial charge >= 0.3 is 0 Å². The number of aromatic nitrogens is 2. The first-order chi connectivity index (χ1) is 15.2. The number of rotatable bonds is 0. The maximum Gasteiger partial charge on any atom is 0.252 e. The van der Waals surface area contributed by atoms with Gasteiger partial charge in [-0.15, -0.1) is 0 Å². The fourth-order valence-corrected chi connectivity index (χ4v) is 6.63. The highest BCUT2D eigenvalue weighted by molar-refractivity contribution is 6.30. The number of para-hydroxylation sites is 2. The van der Waals surface area contributed by atoms with Crippen LogP contribution >= 0.6 is 0 Å². The van der Waals surface area contributed by atoms with Crippen LogP contribution < -0.4 is 5.32 Å². The summed E-state index contributed by atoms with van der Waals surface area (Å²) in [5.74, 6) is 0.0370. The summed E-state index contributed by atoms with van der Waals surface area (Å²) in [4.78, 5) is 13.2. The van der Waals surface area contributed by atoms with E-state index >= 15 is 0 Å². The third-order valence-corrected chi connectivity index (χ3v) is 7.76. The number of nitrogens with zero attached hydrogens (tertiary/aromatic N) is 2. The van der Waals surface area contributed by atoms with E-state index in [0.717, 1.165) is 52.2 Å². The van der Waals surface area contributed by atoms with Crippen molar-refractivity contribution in [2.24, 2.45) is 0 Å². The Hall–Kier alpha value is -3.31. The average Bonchev–Trinajstić information content (AvgIpc) is 3.41. The standard InChI is InChI=1S/C26H21N3O2/c1-26-12-6-11-19(31-26)28-17-9-4-2-7-14(17)20-16-13-27-25(30)22(16)21-15-8-3-5-10-18(15)29(26)24(21)23(20)28/h2-5,7-10,19H,6,11-13H2,1H3,(H,27,30)/t19-,26+/m1/s1. The summed E-state index contributed by atoms with van der Waals surface area (Å²) in [5.41, 5.74) is 6.25. The van der Waals surface area contributed by atoms with E-state index in [2.05, 4.69) is 69.9 Å². The molecular weight excluding hydrogens is 386 g/mol. The van der Waals surface area contributed by atoms with Gasteiger partial charge in [0.05, 0.1) is 27.6 Å². The summed E-state index contributed by atoms with van der Waals surface area (Å²) in [6.07, 6.45) is 3.07. The zero-order valence-electron chi connectivity index (χ0n) is 17.2. The first-order valence-corrected chi connectivity index (χ1v) is 11.1.